The summed E-state index contributed by atoms with van der Waals surface area (Å²) in [4.78, 5) is 13.2. The maximum Gasteiger partial charge on any atom is 0.224 e. The van der Waals surface area contributed by atoms with E-state index in [9.17, 15) is 13.2 Å². The van der Waals surface area contributed by atoms with Crippen LogP contribution in [0.2, 0.25) is 0 Å². The predicted octanol–water partition coefficient (Wildman–Crippen LogP) is 4.81. The Hall–Kier alpha value is -2.18. The van der Waals surface area contributed by atoms with Crippen LogP contribution in [0.5, 0.6) is 0 Å². The van der Waals surface area contributed by atoms with Gasteiger partial charge in [-0.15, -0.1) is 0 Å². The molecule has 1 aliphatic carbocycles. The fraction of sp³-hybridized carbons (Fsp3) is 0.536. The molecule has 2 aromatic rings. The molecular weight excluding hydrogens is 444 g/mol. The van der Waals surface area contributed by atoms with Gasteiger partial charge < -0.3 is 5.32 Å². The number of nitrogens with zero attached hydrogens (tertiary/aromatic N) is 1. The summed E-state index contributed by atoms with van der Waals surface area (Å²) in [6, 6.07) is 16.6. The average Bonchev–Trinajstić information content (AvgIpc) is 2.87. The van der Waals surface area contributed by atoms with Gasteiger partial charge in [0.05, 0.1) is 17.7 Å². The molecule has 2 aliphatic rings. The van der Waals surface area contributed by atoms with Crippen molar-refractivity contribution in [2.45, 2.75) is 70.8 Å². The van der Waals surface area contributed by atoms with Gasteiger partial charge in [0.15, 0.2) is 0 Å². The van der Waals surface area contributed by atoms with Crippen LogP contribution >= 0.6 is 0 Å². The zero-order chi connectivity index (χ0) is 24.0. The molecule has 1 heterocycles. The van der Waals surface area contributed by atoms with E-state index in [0.29, 0.717) is 19.5 Å². The number of rotatable bonds is 9. The average molecular weight is 483 g/mol. The molecule has 1 amide bonds. The minimum absolute atomic E-state index is 0.0197. The van der Waals surface area contributed by atoms with Gasteiger partial charge in [-0.3, -0.25) is 4.79 Å². The monoisotopic (exact) mass is 482 g/mol. The number of sulfonamides is 1. The van der Waals surface area contributed by atoms with Crippen molar-refractivity contribution in [2.24, 2.45) is 5.92 Å². The van der Waals surface area contributed by atoms with Crippen molar-refractivity contribution in [1.82, 2.24) is 9.62 Å². The first-order valence-electron chi connectivity index (χ1n) is 12.9. The van der Waals surface area contributed by atoms with E-state index >= 15 is 0 Å². The second-order valence-electron chi connectivity index (χ2n) is 9.81. The van der Waals surface area contributed by atoms with Gasteiger partial charge in [0.25, 0.3) is 0 Å². The van der Waals surface area contributed by atoms with E-state index in [1.807, 2.05) is 30.3 Å². The van der Waals surface area contributed by atoms with Crippen molar-refractivity contribution < 1.29 is 13.2 Å². The van der Waals surface area contributed by atoms with E-state index in [1.165, 1.54) is 24.0 Å². The highest BCUT2D eigenvalue weighted by Crippen LogP contribution is 2.27. The van der Waals surface area contributed by atoms with Gasteiger partial charge >= 0.3 is 0 Å². The van der Waals surface area contributed by atoms with Crippen LogP contribution in [0, 0.1) is 5.92 Å². The van der Waals surface area contributed by atoms with Crippen molar-refractivity contribution in [3.63, 3.8) is 0 Å². The first kappa shape index (κ1) is 24.9. The third-order valence-electron chi connectivity index (χ3n) is 7.36. The number of benzene rings is 2. The zero-order valence-corrected chi connectivity index (χ0v) is 21.2. The van der Waals surface area contributed by atoms with Gasteiger partial charge in [0, 0.05) is 13.1 Å². The molecule has 0 unspecified atom stereocenters. The summed E-state index contributed by atoms with van der Waals surface area (Å²) in [6.07, 6.45) is 8.38. The van der Waals surface area contributed by atoms with Crippen LogP contribution in [-0.2, 0) is 34.1 Å². The molecule has 0 bridgehead atoms. The lowest BCUT2D eigenvalue weighted by atomic mass is 9.88. The largest absolute Gasteiger partial charge is 0.349 e. The number of piperidine rings is 1. The number of nitrogens with one attached hydrogen (secondary N) is 1. The zero-order valence-electron chi connectivity index (χ0n) is 20.3. The summed E-state index contributed by atoms with van der Waals surface area (Å²) in [5.41, 5.74) is 5.18. The summed E-state index contributed by atoms with van der Waals surface area (Å²) in [5, 5.41) is 3.24. The molecule has 2 atom stereocenters. The molecule has 0 radical (unpaired) electrons. The fourth-order valence-electron chi connectivity index (χ4n) is 5.32. The van der Waals surface area contributed by atoms with Gasteiger partial charge in [0.2, 0.25) is 15.9 Å². The molecule has 1 saturated heterocycles. The lowest BCUT2D eigenvalue weighted by Gasteiger charge is -2.32. The highest BCUT2D eigenvalue weighted by atomic mass is 32.2. The van der Waals surface area contributed by atoms with Crippen LogP contribution in [0.4, 0.5) is 0 Å². The summed E-state index contributed by atoms with van der Waals surface area (Å²) in [7, 11) is -3.36. The number of carbonyl (C=O) groups is 1. The Morgan fingerprint density at radius 1 is 1.06 bits per heavy atom. The van der Waals surface area contributed by atoms with Crippen molar-refractivity contribution >= 4 is 15.9 Å². The normalized spacial score (nSPS) is 19.9. The van der Waals surface area contributed by atoms with E-state index in [0.717, 1.165) is 49.7 Å². The maximum atomic E-state index is 13.2. The van der Waals surface area contributed by atoms with Crippen LogP contribution < -0.4 is 5.32 Å². The second-order valence-corrected chi connectivity index (χ2v) is 11.9. The SMILES string of the molecule is CC[C@H](NC(=O)[C@@H]1CCCN(S(=O)(=O)CCCc2ccccc2)C1)c1ccc2c(c1)CCCC2. The third-order valence-corrected chi connectivity index (χ3v) is 9.28. The Morgan fingerprint density at radius 3 is 2.59 bits per heavy atom. The molecule has 4 rings (SSSR count). The molecule has 5 nitrogen and oxygen atoms in total. The van der Waals surface area contributed by atoms with E-state index in [4.69, 9.17) is 0 Å². The van der Waals surface area contributed by atoms with Crippen molar-refractivity contribution in [3.8, 4) is 0 Å². The number of carbonyl (C=O) groups excluding carboxylic acids is 1. The Balaban J connectivity index is 1.34. The molecule has 2 aromatic carbocycles. The van der Waals surface area contributed by atoms with E-state index in [2.05, 4.69) is 30.4 Å². The van der Waals surface area contributed by atoms with Crippen molar-refractivity contribution in [2.75, 3.05) is 18.8 Å². The predicted molar refractivity (Wildman–Crippen MR) is 137 cm³/mol. The van der Waals surface area contributed by atoms with Gasteiger partial charge in [-0.25, -0.2) is 12.7 Å². The van der Waals surface area contributed by atoms with Gasteiger partial charge in [0.1, 0.15) is 0 Å². The molecule has 1 fully saturated rings. The Bertz CT molecular complexity index is 1070. The number of amides is 1. The minimum atomic E-state index is -3.36. The first-order chi connectivity index (χ1) is 16.5. The van der Waals surface area contributed by atoms with Crippen LogP contribution in [0.3, 0.4) is 0 Å². The Kier molecular flexibility index (Phi) is 8.43. The molecule has 0 aromatic heterocycles. The van der Waals surface area contributed by atoms with Gasteiger partial charge in [-0.05, 0) is 80.0 Å². The van der Waals surface area contributed by atoms with Crippen LogP contribution in [0.25, 0.3) is 0 Å². The van der Waals surface area contributed by atoms with Gasteiger partial charge in [-0.2, -0.15) is 0 Å². The van der Waals surface area contributed by atoms with Crippen molar-refractivity contribution in [3.05, 3.63) is 70.8 Å². The Morgan fingerprint density at radius 2 is 1.82 bits per heavy atom. The van der Waals surface area contributed by atoms with Crippen LogP contribution in [0.15, 0.2) is 48.5 Å². The number of aryl methyl sites for hydroxylation is 3. The van der Waals surface area contributed by atoms with E-state index < -0.39 is 10.0 Å². The topological polar surface area (TPSA) is 66.5 Å². The highest BCUT2D eigenvalue weighted by molar-refractivity contribution is 7.89. The molecule has 0 spiro atoms. The summed E-state index contributed by atoms with van der Waals surface area (Å²) in [5.74, 6) is -0.179. The highest BCUT2D eigenvalue weighted by Gasteiger charge is 2.32. The van der Waals surface area contributed by atoms with Crippen LogP contribution in [0.1, 0.15) is 73.7 Å². The van der Waals surface area contributed by atoms with Crippen molar-refractivity contribution in [1.29, 1.82) is 0 Å². The summed E-state index contributed by atoms with van der Waals surface area (Å²) < 4.78 is 27.5. The maximum absolute atomic E-state index is 13.2. The number of hydrogen-bond donors (Lipinski definition) is 1. The molecule has 6 heteroatoms. The summed E-state index contributed by atoms with van der Waals surface area (Å²) >= 11 is 0. The van der Waals surface area contributed by atoms with Crippen LogP contribution in [-0.4, -0.2) is 37.5 Å². The lowest BCUT2D eigenvalue weighted by molar-refractivity contribution is -0.126. The fourth-order valence-corrected chi connectivity index (χ4v) is 6.90. The third kappa shape index (κ3) is 6.28. The molecule has 1 N–H and O–H groups in total. The standard InChI is InChI=1S/C28H38N2O3S/c1-2-27(25-17-16-23-13-6-7-14-24(23)20-25)29-28(31)26-15-8-18-30(21-26)34(32,33)19-9-12-22-10-4-3-5-11-22/h3-5,10-11,16-17,20,26-27H,2,6-9,12-15,18-19,21H2,1H3,(H,29,31)/t26-,27+/m1/s1. The first-order valence-corrected chi connectivity index (χ1v) is 14.5. The van der Waals surface area contributed by atoms with E-state index in [-0.39, 0.29) is 23.6 Å². The molecule has 1 aliphatic heterocycles. The second kappa shape index (κ2) is 11.5. The van der Waals surface area contributed by atoms with Gasteiger partial charge in [-0.1, -0.05) is 55.5 Å². The Labute approximate surface area is 205 Å². The quantitative estimate of drug-likeness (QED) is 0.558. The molecular formula is C28H38N2O3S. The summed E-state index contributed by atoms with van der Waals surface area (Å²) in [6.45, 7) is 2.90. The number of hydrogen-bond acceptors (Lipinski definition) is 3. The van der Waals surface area contributed by atoms with E-state index in [1.54, 1.807) is 4.31 Å². The number of fused-ring (bicyclic) bond motifs is 1. The minimum Gasteiger partial charge on any atom is -0.349 e. The smallest absolute Gasteiger partial charge is 0.224 e. The lowest BCUT2D eigenvalue weighted by Crippen LogP contribution is -2.46. The molecule has 184 valence electrons. The molecule has 34 heavy (non-hydrogen) atoms. The molecule has 0 saturated carbocycles.